The van der Waals surface area contributed by atoms with Crippen LogP contribution in [0.5, 0.6) is 0 Å². The Morgan fingerprint density at radius 2 is 1.59 bits per heavy atom. The fourth-order valence-corrected chi connectivity index (χ4v) is 6.15. The number of rotatable bonds is 4. The van der Waals surface area contributed by atoms with Crippen molar-refractivity contribution in [3.05, 3.63) is 127 Å². The summed E-state index contributed by atoms with van der Waals surface area (Å²) in [4.78, 5) is 32.4. The average Bonchev–Trinajstić information content (AvgIpc) is 3.26. The van der Waals surface area contributed by atoms with Gasteiger partial charge < -0.3 is 4.74 Å². The molecule has 0 saturated heterocycles. The molecule has 182 valence electrons. The van der Waals surface area contributed by atoms with Gasteiger partial charge in [0.1, 0.15) is 0 Å². The van der Waals surface area contributed by atoms with Gasteiger partial charge in [0.05, 0.1) is 29.0 Å². The van der Waals surface area contributed by atoms with Crippen molar-refractivity contribution in [2.24, 2.45) is 4.99 Å². The first-order chi connectivity index (χ1) is 18.1. The van der Waals surface area contributed by atoms with Crippen LogP contribution in [0.25, 0.3) is 27.6 Å². The number of carbonyl (C=O) groups excluding carboxylic acids is 1. The molecule has 1 aliphatic rings. The van der Waals surface area contributed by atoms with Crippen molar-refractivity contribution in [3.8, 4) is 0 Å². The zero-order valence-corrected chi connectivity index (χ0v) is 21.3. The Kier molecular flexibility index (Phi) is 5.81. The number of fused-ring (bicyclic) bond motifs is 3. The summed E-state index contributed by atoms with van der Waals surface area (Å²) < 4.78 is 7.37. The number of esters is 1. The zero-order valence-electron chi connectivity index (χ0n) is 20.5. The maximum absolute atomic E-state index is 14.0. The molecule has 0 radical (unpaired) electrons. The predicted octanol–water partition coefficient (Wildman–Crippen LogP) is 5.10. The summed E-state index contributed by atoms with van der Waals surface area (Å²) in [6.07, 6.45) is 2.52. The highest BCUT2D eigenvalue weighted by molar-refractivity contribution is 7.07. The molecule has 0 N–H and O–H groups in total. The molecular weight excluding hydrogens is 480 g/mol. The van der Waals surface area contributed by atoms with Gasteiger partial charge in [-0.15, -0.1) is 0 Å². The van der Waals surface area contributed by atoms with E-state index in [1.54, 1.807) is 4.57 Å². The van der Waals surface area contributed by atoms with Crippen molar-refractivity contribution in [2.45, 2.75) is 19.4 Å². The Morgan fingerprint density at radius 1 is 0.973 bits per heavy atom. The number of benzene rings is 4. The summed E-state index contributed by atoms with van der Waals surface area (Å²) in [7, 11) is 1.36. The van der Waals surface area contributed by atoms with E-state index in [2.05, 4.69) is 30.3 Å². The molecule has 0 fully saturated rings. The molecule has 5 nitrogen and oxygen atoms in total. The van der Waals surface area contributed by atoms with Gasteiger partial charge >= 0.3 is 5.97 Å². The minimum Gasteiger partial charge on any atom is -0.466 e. The Morgan fingerprint density at radius 3 is 2.22 bits per heavy atom. The van der Waals surface area contributed by atoms with Gasteiger partial charge in [0.15, 0.2) is 4.80 Å². The van der Waals surface area contributed by atoms with Gasteiger partial charge in [0, 0.05) is 0 Å². The summed E-state index contributed by atoms with van der Waals surface area (Å²) >= 11 is 1.35. The van der Waals surface area contributed by atoms with Crippen LogP contribution in [0.2, 0.25) is 0 Å². The lowest BCUT2D eigenvalue weighted by molar-refractivity contribution is -0.136. The van der Waals surface area contributed by atoms with E-state index in [1.165, 1.54) is 18.4 Å². The number of carbonyl (C=O) groups is 1. The van der Waals surface area contributed by atoms with Crippen molar-refractivity contribution in [1.29, 1.82) is 0 Å². The SMILES string of the molecule is CCC1=C(C(=O)OC)[C@@H](c2ccccc2)n2c(s/c(=C\c3c4ccccc4cc4ccccc34)c2=O)=N1. The van der Waals surface area contributed by atoms with Crippen LogP contribution in [-0.2, 0) is 9.53 Å². The fraction of sp³-hybridized carbons (Fsp3) is 0.129. The lowest BCUT2D eigenvalue weighted by Crippen LogP contribution is -2.40. The van der Waals surface area contributed by atoms with Crippen LogP contribution >= 0.6 is 11.3 Å². The van der Waals surface area contributed by atoms with Crippen LogP contribution in [0, 0.1) is 0 Å². The lowest BCUT2D eigenvalue weighted by atomic mass is 9.95. The van der Waals surface area contributed by atoms with Crippen LogP contribution in [0.1, 0.15) is 30.5 Å². The molecule has 0 bridgehead atoms. The first-order valence-corrected chi connectivity index (χ1v) is 13.0. The molecule has 1 atom stereocenters. The fourth-order valence-electron chi connectivity index (χ4n) is 5.15. The molecule has 1 aliphatic heterocycles. The van der Waals surface area contributed by atoms with Gasteiger partial charge in [0.25, 0.3) is 5.56 Å². The number of aromatic nitrogens is 1. The van der Waals surface area contributed by atoms with Crippen molar-refractivity contribution in [3.63, 3.8) is 0 Å². The molecule has 0 aliphatic carbocycles. The van der Waals surface area contributed by atoms with Crippen LogP contribution < -0.4 is 14.9 Å². The third kappa shape index (κ3) is 3.81. The van der Waals surface area contributed by atoms with Gasteiger partial charge in [-0.25, -0.2) is 9.79 Å². The van der Waals surface area contributed by atoms with E-state index in [1.807, 2.05) is 67.6 Å². The van der Waals surface area contributed by atoms with Gasteiger partial charge in [-0.2, -0.15) is 0 Å². The average molecular weight is 505 g/mol. The summed E-state index contributed by atoms with van der Waals surface area (Å²) in [5.74, 6) is -0.469. The number of allylic oxidation sites excluding steroid dienone is 1. The van der Waals surface area contributed by atoms with Crippen molar-refractivity contribution < 1.29 is 9.53 Å². The maximum atomic E-state index is 14.0. The van der Waals surface area contributed by atoms with E-state index in [0.29, 0.717) is 27.0 Å². The first-order valence-electron chi connectivity index (χ1n) is 12.2. The second kappa shape index (κ2) is 9.30. The largest absolute Gasteiger partial charge is 0.466 e. The minimum atomic E-state index is -0.605. The zero-order chi connectivity index (χ0) is 25.5. The van der Waals surface area contributed by atoms with E-state index in [4.69, 9.17) is 9.73 Å². The third-order valence-electron chi connectivity index (χ3n) is 6.85. The topological polar surface area (TPSA) is 60.7 Å². The second-order valence-electron chi connectivity index (χ2n) is 8.93. The van der Waals surface area contributed by atoms with E-state index < -0.39 is 12.0 Å². The Bertz CT molecular complexity index is 1840. The second-order valence-corrected chi connectivity index (χ2v) is 9.94. The van der Waals surface area contributed by atoms with Gasteiger partial charge in [-0.1, -0.05) is 97.1 Å². The molecule has 0 saturated carbocycles. The molecule has 0 amide bonds. The normalized spacial score (nSPS) is 15.6. The molecule has 37 heavy (non-hydrogen) atoms. The van der Waals surface area contributed by atoms with Gasteiger partial charge in [-0.3, -0.25) is 9.36 Å². The van der Waals surface area contributed by atoms with Crippen LogP contribution in [-0.4, -0.2) is 17.6 Å². The number of hydrogen-bond donors (Lipinski definition) is 0. The van der Waals surface area contributed by atoms with Crippen molar-refractivity contribution in [2.75, 3.05) is 7.11 Å². The third-order valence-corrected chi connectivity index (χ3v) is 7.84. The van der Waals surface area contributed by atoms with Crippen molar-refractivity contribution in [1.82, 2.24) is 4.57 Å². The number of thiazole rings is 1. The molecule has 2 heterocycles. The maximum Gasteiger partial charge on any atom is 0.338 e. The number of ether oxygens (including phenoxy) is 1. The van der Waals surface area contributed by atoms with Crippen LogP contribution in [0.15, 0.2) is 106 Å². The first kappa shape index (κ1) is 23.1. The highest BCUT2D eigenvalue weighted by Crippen LogP contribution is 2.32. The van der Waals surface area contributed by atoms with E-state index in [9.17, 15) is 9.59 Å². The van der Waals surface area contributed by atoms with E-state index in [-0.39, 0.29) is 5.56 Å². The minimum absolute atomic E-state index is 0.175. The number of nitrogens with zero attached hydrogens (tertiary/aromatic N) is 2. The molecule has 1 aromatic heterocycles. The molecule has 6 rings (SSSR count). The smallest absolute Gasteiger partial charge is 0.338 e. The molecule has 6 heteroatoms. The molecule has 0 unspecified atom stereocenters. The van der Waals surface area contributed by atoms with E-state index in [0.717, 1.165) is 32.7 Å². The van der Waals surface area contributed by atoms with E-state index >= 15 is 0 Å². The van der Waals surface area contributed by atoms with Crippen LogP contribution in [0.4, 0.5) is 0 Å². The highest BCUT2D eigenvalue weighted by Gasteiger charge is 2.33. The number of methoxy groups -OCH3 is 1. The molecule has 0 spiro atoms. The quantitative estimate of drug-likeness (QED) is 0.253. The van der Waals surface area contributed by atoms with Crippen molar-refractivity contribution >= 4 is 44.9 Å². The standard InChI is InChI=1S/C31H24N2O3S/c1-3-25-27(30(35)36-2)28(19-11-5-4-6-12-19)33-29(34)26(37-31(33)32-25)18-24-22-15-9-7-13-20(22)17-21-14-8-10-16-23(21)24/h4-18,28H,3H2,1-2H3/b26-18-/t28-/m1/s1. The molecule has 4 aromatic carbocycles. The Balaban J connectivity index is 1.68. The predicted molar refractivity (Wildman–Crippen MR) is 148 cm³/mol. The highest BCUT2D eigenvalue weighted by atomic mass is 32.1. The summed E-state index contributed by atoms with van der Waals surface area (Å²) in [6.45, 7) is 1.96. The van der Waals surface area contributed by atoms with Crippen LogP contribution in [0.3, 0.4) is 0 Å². The number of hydrogen-bond acceptors (Lipinski definition) is 5. The monoisotopic (exact) mass is 504 g/mol. The summed E-state index contributed by atoms with van der Waals surface area (Å²) in [6, 6.07) is 27.6. The molecular formula is C31H24N2O3S. The van der Waals surface area contributed by atoms with Gasteiger partial charge in [0.2, 0.25) is 0 Å². The lowest BCUT2D eigenvalue weighted by Gasteiger charge is -2.25. The Hall–Kier alpha value is -4.29. The molecule has 5 aromatic rings. The summed E-state index contributed by atoms with van der Waals surface area (Å²) in [5, 5.41) is 4.39. The Labute approximate surface area is 217 Å². The summed E-state index contributed by atoms with van der Waals surface area (Å²) in [5.41, 5.74) is 2.71. The van der Waals surface area contributed by atoms with Gasteiger partial charge in [-0.05, 0) is 51.2 Å².